The molecule has 0 bridgehead atoms. The number of amides is 2. The van der Waals surface area contributed by atoms with Crippen LogP contribution in [-0.2, 0) is 11.3 Å². The Balaban J connectivity index is 0.981. The number of piperazine rings is 1. The number of nitrogens with zero attached hydrogens (tertiary/aromatic N) is 8. The molecule has 0 atom stereocenters. The van der Waals surface area contributed by atoms with Gasteiger partial charge in [0.05, 0.1) is 17.6 Å². The maximum atomic E-state index is 13.1. The minimum atomic E-state index is -0.346. The molecule has 51 heavy (non-hydrogen) atoms. The van der Waals surface area contributed by atoms with Gasteiger partial charge < -0.3 is 20.9 Å². The molecule has 258 valence electrons. The van der Waals surface area contributed by atoms with E-state index in [1.165, 1.54) is 5.56 Å². The van der Waals surface area contributed by atoms with E-state index in [1.807, 2.05) is 62.4 Å². The Morgan fingerprint density at radius 1 is 0.843 bits per heavy atom. The predicted octanol–water partition coefficient (Wildman–Crippen LogP) is 4.81. The minimum absolute atomic E-state index is 0.181. The molecule has 0 aliphatic carbocycles. The van der Waals surface area contributed by atoms with E-state index in [4.69, 9.17) is 4.98 Å². The number of benzene rings is 2. The molecule has 4 N–H and O–H groups in total. The maximum Gasteiger partial charge on any atom is 0.273 e. The zero-order valence-corrected chi connectivity index (χ0v) is 28.6. The lowest BCUT2D eigenvalue weighted by Gasteiger charge is -2.32. The fraction of sp³-hybridized carbons (Fsp3) is 0.243. The fourth-order valence-corrected chi connectivity index (χ4v) is 5.80. The maximum absolute atomic E-state index is 13.1. The Hall–Kier alpha value is -6.12. The van der Waals surface area contributed by atoms with Crippen molar-refractivity contribution < 1.29 is 9.59 Å². The summed E-state index contributed by atoms with van der Waals surface area (Å²) in [4.78, 5) is 44.2. The number of likely N-dealkylation sites (N-methyl/N-ethyl adjacent to an activating group) is 1. The molecule has 0 spiro atoms. The van der Waals surface area contributed by atoms with Crippen LogP contribution in [-0.4, -0.2) is 91.4 Å². The second-order valence-electron chi connectivity index (χ2n) is 12.8. The van der Waals surface area contributed by atoms with Crippen molar-refractivity contribution in [2.45, 2.75) is 26.8 Å². The number of nitrogens with one attached hydrogen (secondary N) is 4. The van der Waals surface area contributed by atoms with Crippen LogP contribution in [0.5, 0.6) is 0 Å². The van der Waals surface area contributed by atoms with E-state index in [1.54, 1.807) is 30.9 Å². The van der Waals surface area contributed by atoms with Crippen molar-refractivity contribution >= 4 is 46.4 Å². The minimum Gasteiger partial charge on any atom is -0.324 e. The van der Waals surface area contributed by atoms with Crippen molar-refractivity contribution in [2.75, 3.05) is 49.2 Å². The molecule has 0 unspecified atom stereocenters. The number of aromatic nitrogens is 5. The van der Waals surface area contributed by atoms with Gasteiger partial charge in [0, 0.05) is 91.4 Å². The average Bonchev–Trinajstić information content (AvgIpc) is 3.81. The third kappa shape index (κ3) is 8.03. The number of rotatable bonds is 10. The highest BCUT2D eigenvalue weighted by Gasteiger charge is 2.22. The summed E-state index contributed by atoms with van der Waals surface area (Å²) in [6.07, 6.45) is 6.95. The fourth-order valence-electron chi connectivity index (χ4n) is 5.80. The first-order chi connectivity index (χ1) is 24.8. The van der Waals surface area contributed by atoms with Crippen molar-refractivity contribution in [1.29, 1.82) is 0 Å². The van der Waals surface area contributed by atoms with Gasteiger partial charge in [-0.25, -0.2) is 9.97 Å². The first-order valence-electron chi connectivity index (χ1n) is 16.7. The molecule has 7 rings (SSSR count). The lowest BCUT2D eigenvalue weighted by Crippen LogP contribution is -2.43. The lowest BCUT2D eigenvalue weighted by molar-refractivity contribution is -0.110. The van der Waals surface area contributed by atoms with Gasteiger partial charge in [-0.15, -0.1) is 5.10 Å². The summed E-state index contributed by atoms with van der Waals surface area (Å²) in [5.74, 6) is 0.383. The van der Waals surface area contributed by atoms with Crippen molar-refractivity contribution in [3.8, 4) is 11.3 Å². The van der Waals surface area contributed by atoms with Crippen LogP contribution >= 0.6 is 0 Å². The Labute approximate surface area is 295 Å². The average molecular weight is 683 g/mol. The van der Waals surface area contributed by atoms with Gasteiger partial charge in [0.1, 0.15) is 11.5 Å². The lowest BCUT2D eigenvalue weighted by atomic mass is 10.0. The topological polar surface area (TPSA) is 169 Å². The van der Waals surface area contributed by atoms with Gasteiger partial charge in [0.25, 0.3) is 11.8 Å². The Kier molecular flexibility index (Phi) is 9.67. The molecule has 5 heterocycles. The van der Waals surface area contributed by atoms with Crippen molar-refractivity contribution in [1.82, 2.24) is 34.9 Å². The van der Waals surface area contributed by atoms with Crippen LogP contribution < -0.4 is 16.0 Å². The monoisotopic (exact) mass is 682 g/mol. The molecular weight excluding hydrogens is 644 g/mol. The van der Waals surface area contributed by atoms with Crippen molar-refractivity contribution in [3.63, 3.8) is 0 Å². The number of carbonyl (C=O) groups is 2. The van der Waals surface area contributed by atoms with Gasteiger partial charge in [0.15, 0.2) is 0 Å². The molecular formula is C37H38N12O2. The molecule has 1 saturated heterocycles. The Morgan fingerprint density at radius 3 is 2.43 bits per heavy atom. The first-order valence-corrected chi connectivity index (χ1v) is 16.7. The highest BCUT2D eigenvalue weighted by atomic mass is 16.2. The molecule has 0 radical (unpaired) electrons. The molecule has 3 aromatic heterocycles. The highest BCUT2D eigenvalue weighted by Crippen LogP contribution is 2.26. The number of carbonyl (C=O) groups excluding carboxylic acids is 2. The van der Waals surface area contributed by atoms with Gasteiger partial charge in [0.2, 0.25) is 5.95 Å². The SMILES string of the molecule is Cc1ccc(NC(=O)c2ccc(CN3CCN(C)CC3)cc2)cc1Nc1nccc(-c2cncc(C3=NN=C(C(=O)Nc4[nH]ncc4C)C3)c2)n1. The molecule has 5 aromatic rings. The van der Waals surface area contributed by atoms with Crippen LogP contribution in [0, 0.1) is 13.8 Å². The van der Waals surface area contributed by atoms with E-state index in [0.29, 0.717) is 40.1 Å². The van der Waals surface area contributed by atoms with Crippen LogP contribution in [0.4, 0.5) is 23.1 Å². The smallest absolute Gasteiger partial charge is 0.273 e. The number of hydrogen-bond donors (Lipinski definition) is 4. The van der Waals surface area contributed by atoms with Crippen LogP contribution in [0.25, 0.3) is 11.3 Å². The number of H-pyrrole nitrogens is 1. The van der Waals surface area contributed by atoms with Crippen molar-refractivity contribution in [2.24, 2.45) is 10.2 Å². The summed E-state index contributed by atoms with van der Waals surface area (Å²) in [5, 5.41) is 24.1. The summed E-state index contributed by atoms with van der Waals surface area (Å²) >= 11 is 0. The summed E-state index contributed by atoms with van der Waals surface area (Å²) in [6, 6.07) is 17.2. The van der Waals surface area contributed by atoms with Crippen LogP contribution in [0.2, 0.25) is 0 Å². The normalized spacial score (nSPS) is 14.9. The molecule has 14 heteroatoms. The molecule has 14 nitrogen and oxygen atoms in total. The molecule has 0 saturated carbocycles. The molecule has 2 aromatic carbocycles. The Morgan fingerprint density at radius 2 is 1.65 bits per heavy atom. The van der Waals surface area contributed by atoms with Crippen molar-refractivity contribution in [3.05, 3.63) is 107 Å². The zero-order valence-electron chi connectivity index (χ0n) is 28.6. The summed E-state index contributed by atoms with van der Waals surface area (Å²) in [6.45, 7) is 8.94. The standard InChI is InChI=1S/C37H38N12O2/c1-23-4-9-29(41-35(50)26-7-5-25(6-8-26)22-49-14-12-48(3)13-15-49)17-31(23)43-37-39-11-10-30(42-37)27-16-28(21-38-20-27)32-18-33(46-45-32)36(51)44-34-24(2)19-40-47-34/h4-11,16-17,19-21H,12-15,18,22H2,1-3H3,(H,41,50)(H,39,42,43)(H2,40,44,47,51). The van der Waals surface area contributed by atoms with Gasteiger partial charge in [-0.05, 0) is 68.4 Å². The van der Waals surface area contributed by atoms with Crippen LogP contribution in [0.1, 0.15) is 39.0 Å². The van der Waals surface area contributed by atoms with Crippen LogP contribution in [0.15, 0.2) is 89.6 Å². The molecule has 2 aliphatic rings. The summed E-state index contributed by atoms with van der Waals surface area (Å²) < 4.78 is 0. The number of aryl methyl sites for hydroxylation is 2. The molecule has 1 fully saturated rings. The number of hydrogen-bond acceptors (Lipinski definition) is 11. The quantitative estimate of drug-likeness (QED) is 0.162. The second-order valence-corrected chi connectivity index (χ2v) is 12.8. The summed E-state index contributed by atoms with van der Waals surface area (Å²) in [5.41, 5.74) is 8.02. The first kappa shape index (κ1) is 33.4. The second kappa shape index (κ2) is 14.8. The van der Waals surface area contributed by atoms with Gasteiger partial charge in [-0.1, -0.05) is 18.2 Å². The molecule has 2 amide bonds. The van der Waals surface area contributed by atoms with E-state index in [0.717, 1.165) is 60.7 Å². The summed E-state index contributed by atoms with van der Waals surface area (Å²) in [7, 11) is 2.15. The van der Waals surface area contributed by atoms with E-state index in [-0.39, 0.29) is 18.2 Å². The van der Waals surface area contributed by atoms with E-state index in [9.17, 15) is 9.59 Å². The van der Waals surface area contributed by atoms with Gasteiger partial charge in [-0.2, -0.15) is 10.2 Å². The third-order valence-electron chi connectivity index (χ3n) is 8.94. The van der Waals surface area contributed by atoms with E-state index >= 15 is 0 Å². The molecule has 2 aliphatic heterocycles. The Bertz CT molecular complexity index is 2130. The number of pyridine rings is 1. The van der Waals surface area contributed by atoms with E-state index < -0.39 is 0 Å². The van der Waals surface area contributed by atoms with Gasteiger partial charge in [-0.3, -0.25) is 24.6 Å². The number of anilines is 4. The largest absolute Gasteiger partial charge is 0.324 e. The van der Waals surface area contributed by atoms with E-state index in [2.05, 4.69) is 63.2 Å². The predicted molar refractivity (Wildman–Crippen MR) is 197 cm³/mol. The van der Waals surface area contributed by atoms with Crippen LogP contribution in [0.3, 0.4) is 0 Å². The third-order valence-corrected chi connectivity index (χ3v) is 8.94. The highest BCUT2D eigenvalue weighted by molar-refractivity contribution is 6.47. The zero-order chi connectivity index (χ0) is 35.3. The number of aromatic amines is 1. The van der Waals surface area contributed by atoms with Gasteiger partial charge >= 0.3 is 0 Å².